The Morgan fingerprint density at radius 1 is 1.21 bits per heavy atom. The summed E-state index contributed by atoms with van der Waals surface area (Å²) in [7, 11) is 3.27. The highest BCUT2D eigenvalue weighted by Crippen LogP contribution is 2.26. The van der Waals surface area contributed by atoms with Crippen molar-refractivity contribution in [2.75, 3.05) is 7.11 Å². The summed E-state index contributed by atoms with van der Waals surface area (Å²) in [4.78, 5) is 35.9. The molecule has 0 fully saturated rings. The highest BCUT2D eigenvalue weighted by atomic mass is 32.2. The van der Waals surface area contributed by atoms with Crippen LogP contribution >= 0.6 is 11.8 Å². The number of hydrogen-bond donors (Lipinski definition) is 1. The first-order valence-electron chi connectivity index (χ1n) is 8.88. The summed E-state index contributed by atoms with van der Waals surface area (Å²) < 4.78 is 6.74. The number of carbonyl (C=O) groups excluding carboxylic acids is 1. The number of rotatable bonds is 5. The van der Waals surface area contributed by atoms with Gasteiger partial charge in [0, 0.05) is 7.05 Å². The molecule has 8 heteroatoms. The first-order chi connectivity index (χ1) is 14.1. The van der Waals surface area contributed by atoms with Crippen LogP contribution in [0, 0.1) is 0 Å². The molecule has 0 saturated carbocycles. The lowest BCUT2D eigenvalue weighted by atomic mass is 10.1. The normalized spacial score (nSPS) is 11.0. The molecule has 7 nitrogen and oxygen atoms in total. The van der Waals surface area contributed by atoms with E-state index < -0.39 is 5.97 Å². The van der Waals surface area contributed by atoms with Crippen molar-refractivity contribution in [3.05, 3.63) is 76.5 Å². The molecule has 146 valence electrons. The molecule has 1 N–H and O–H groups in total. The SMILES string of the molecule is COC(=O)c1ccc2c(=O)[nH]c(CSc3ncc(-c4ccccc4)n3C)nc2c1. The minimum Gasteiger partial charge on any atom is -0.465 e. The Hall–Kier alpha value is -3.39. The molecule has 0 aliphatic heterocycles. The number of methoxy groups -OCH3 is 1. The number of aromatic amines is 1. The quantitative estimate of drug-likeness (QED) is 0.404. The maximum absolute atomic E-state index is 12.4. The molecular weight excluding hydrogens is 388 g/mol. The second kappa shape index (κ2) is 7.92. The zero-order valence-corrected chi connectivity index (χ0v) is 16.7. The molecule has 0 spiro atoms. The van der Waals surface area contributed by atoms with Gasteiger partial charge in [0.15, 0.2) is 5.16 Å². The number of benzene rings is 2. The summed E-state index contributed by atoms with van der Waals surface area (Å²) in [6, 6.07) is 14.7. The third kappa shape index (κ3) is 3.79. The van der Waals surface area contributed by atoms with E-state index in [1.54, 1.807) is 18.2 Å². The van der Waals surface area contributed by atoms with Gasteiger partial charge in [-0.15, -0.1) is 0 Å². The Balaban J connectivity index is 1.59. The number of carbonyl (C=O) groups is 1. The summed E-state index contributed by atoms with van der Waals surface area (Å²) in [5, 5.41) is 1.24. The molecule has 0 atom stereocenters. The zero-order chi connectivity index (χ0) is 20.4. The third-order valence-corrected chi connectivity index (χ3v) is 5.59. The number of aromatic nitrogens is 4. The van der Waals surface area contributed by atoms with Crippen molar-refractivity contribution in [1.29, 1.82) is 0 Å². The van der Waals surface area contributed by atoms with Gasteiger partial charge in [0.05, 0.1) is 41.2 Å². The molecule has 2 heterocycles. The Bertz CT molecular complexity index is 1250. The van der Waals surface area contributed by atoms with Crippen molar-refractivity contribution in [2.24, 2.45) is 7.05 Å². The number of fused-ring (bicyclic) bond motifs is 1. The van der Waals surface area contributed by atoms with Gasteiger partial charge < -0.3 is 14.3 Å². The van der Waals surface area contributed by atoms with Crippen LogP contribution in [0.4, 0.5) is 0 Å². The van der Waals surface area contributed by atoms with Crippen LogP contribution in [0.2, 0.25) is 0 Å². The number of thioether (sulfide) groups is 1. The van der Waals surface area contributed by atoms with E-state index in [0.717, 1.165) is 16.4 Å². The van der Waals surface area contributed by atoms with E-state index in [1.807, 2.05) is 48.1 Å². The van der Waals surface area contributed by atoms with Gasteiger partial charge in [0.25, 0.3) is 5.56 Å². The van der Waals surface area contributed by atoms with Crippen molar-refractivity contribution >= 4 is 28.6 Å². The van der Waals surface area contributed by atoms with Gasteiger partial charge in [-0.1, -0.05) is 42.1 Å². The van der Waals surface area contributed by atoms with Gasteiger partial charge in [-0.05, 0) is 23.8 Å². The number of nitrogens with one attached hydrogen (secondary N) is 1. The predicted octanol–water partition coefficient (Wildman–Crippen LogP) is 3.40. The summed E-state index contributed by atoms with van der Waals surface area (Å²) >= 11 is 1.48. The maximum atomic E-state index is 12.4. The van der Waals surface area contributed by atoms with Gasteiger partial charge in [0.1, 0.15) is 5.82 Å². The number of ether oxygens (including phenoxy) is 1. The van der Waals surface area contributed by atoms with E-state index in [1.165, 1.54) is 18.9 Å². The standard InChI is InChI=1S/C21H18N4O3S/c1-25-17(13-6-4-3-5-7-13)11-22-21(25)29-12-18-23-16-10-14(20(27)28-2)8-9-15(16)19(26)24-18/h3-11H,12H2,1-2H3,(H,23,24,26). The summed E-state index contributed by atoms with van der Waals surface area (Å²) in [6.45, 7) is 0. The highest BCUT2D eigenvalue weighted by molar-refractivity contribution is 7.98. The fraction of sp³-hybridized carbons (Fsp3) is 0.143. The van der Waals surface area contributed by atoms with Crippen molar-refractivity contribution in [2.45, 2.75) is 10.9 Å². The molecule has 0 unspecified atom stereocenters. The van der Waals surface area contributed by atoms with Gasteiger partial charge in [-0.2, -0.15) is 0 Å². The van der Waals surface area contributed by atoms with Crippen molar-refractivity contribution in [3.63, 3.8) is 0 Å². The van der Waals surface area contributed by atoms with Crippen LogP contribution in [-0.4, -0.2) is 32.6 Å². The van der Waals surface area contributed by atoms with Crippen molar-refractivity contribution in [3.8, 4) is 11.3 Å². The topological polar surface area (TPSA) is 89.9 Å². The Kier molecular flexibility index (Phi) is 5.18. The molecule has 2 aromatic heterocycles. The average molecular weight is 406 g/mol. The Morgan fingerprint density at radius 3 is 2.76 bits per heavy atom. The molecule has 0 bridgehead atoms. The van der Waals surface area contributed by atoms with E-state index in [0.29, 0.717) is 28.0 Å². The lowest BCUT2D eigenvalue weighted by Gasteiger charge is -2.07. The minimum atomic E-state index is -0.466. The Morgan fingerprint density at radius 2 is 2.00 bits per heavy atom. The third-order valence-electron chi connectivity index (χ3n) is 4.53. The minimum absolute atomic E-state index is 0.244. The maximum Gasteiger partial charge on any atom is 0.337 e. The molecule has 0 aliphatic carbocycles. The van der Waals surface area contributed by atoms with Crippen LogP contribution in [0.1, 0.15) is 16.2 Å². The number of imidazole rings is 1. The van der Waals surface area contributed by atoms with Crippen LogP contribution in [0.5, 0.6) is 0 Å². The number of nitrogens with zero attached hydrogens (tertiary/aromatic N) is 3. The fourth-order valence-corrected chi connectivity index (χ4v) is 3.86. The second-order valence-corrected chi connectivity index (χ2v) is 7.32. The number of esters is 1. The van der Waals surface area contributed by atoms with Crippen LogP contribution in [0.15, 0.2) is 64.7 Å². The van der Waals surface area contributed by atoms with Gasteiger partial charge in [0.2, 0.25) is 0 Å². The van der Waals surface area contributed by atoms with E-state index >= 15 is 0 Å². The van der Waals surface area contributed by atoms with E-state index in [4.69, 9.17) is 4.74 Å². The van der Waals surface area contributed by atoms with Crippen LogP contribution in [0.3, 0.4) is 0 Å². The largest absolute Gasteiger partial charge is 0.465 e. The lowest BCUT2D eigenvalue weighted by molar-refractivity contribution is 0.0601. The number of hydrogen-bond acceptors (Lipinski definition) is 6. The van der Waals surface area contributed by atoms with Crippen LogP contribution < -0.4 is 5.56 Å². The highest BCUT2D eigenvalue weighted by Gasteiger charge is 2.12. The fourth-order valence-electron chi connectivity index (χ4n) is 3.04. The summed E-state index contributed by atoms with van der Waals surface area (Å²) in [5.41, 5.74) is 2.66. The first-order valence-corrected chi connectivity index (χ1v) is 9.86. The molecule has 0 saturated heterocycles. The van der Waals surface area contributed by atoms with Crippen molar-refractivity contribution < 1.29 is 9.53 Å². The molecule has 0 amide bonds. The second-order valence-electron chi connectivity index (χ2n) is 6.38. The smallest absolute Gasteiger partial charge is 0.337 e. The van der Waals surface area contributed by atoms with Crippen molar-refractivity contribution in [1.82, 2.24) is 19.5 Å². The molecule has 2 aromatic carbocycles. The van der Waals surface area contributed by atoms with E-state index in [9.17, 15) is 9.59 Å². The number of H-pyrrole nitrogens is 1. The monoisotopic (exact) mass is 406 g/mol. The molecule has 0 aliphatic rings. The average Bonchev–Trinajstić information content (AvgIpc) is 3.12. The Labute approximate surface area is 170 Å². The van der Waals surface area contributed by atoms with Crippen LogP contribution in [0.25, 0.3) is 22.2 Å². The molecule has 4 aromatic rings. The van der Waals surface area contributed by atoms with Gasteiger partial charge in [-0.3, -0.25) is 4.79 Å². The lowest BCUT2D eigenvalue weighted by Crippen LogP contribution is -2.12. The predicted molar refractivity (Wildman–Crippen MR) is 112 cm³/mol. The summed E-state index contributed by atoms with van der Waals surface area (Å²) in [6.07, 6.45) is 1.83. The molecule has 4 rings (SSSR count). The van der Waals surface area contributed by atoms with E-state index in [2.05, 4.69) is 15.0 Å². The van der Waals surface area contributed by atoms with Gasteiger partial charge in [-0.25, -0.2) is 14.8 Å². The van der Waals surface area contributed by atoms with E-state index in [-0.39, 0.29) is 5.56 Å². The summed E-state index contributed by atoms with van der Waals surface area (Å²) in [5.74, 6) is 0.484. The van der Waals surface area contributed by atoms with Crippen LogP contribution in [-0.2, 0) is 17.5 Å². The zero-order valence-electron chi connectivity index (χ0n) is 15.9. The first kappa shape index (κ1) is 18.9. The van der Waals surface area contributed by atoms with Gasteiger partial charge >= 0.3 is 5.97 Å². The molecule has 29 heavy (non-hydrogen) atoms. The molecule has 0 radical (unpaired) electrons. The molecular formula is C21H18N4O3S.